The number of aromatic nitrogens is 4. The summed E-state index contributed by atoms with van der Waals surface area (Å²) < 4.78 is 4.30. The second-order valence-corrected chi connectivity index (χ2v) is 7.38. The van der Waals surface area contributed by atoms with Crippen LogP contribution in [0.15, 0.2) is 52.5 Å². The largest absolute Gasteiger partial charge is 0.341 e. The van der Waals surface area contributed by atoms with E-state index < -0.39 is 0 Å². The fraction of sp³-hybridized carbons (Fsp3) is 0.333. The van der Waals surface area contributed by atoms with Crippen molar-refractivity contribution in [3.05, 3.63) is 58.1 Å². The van der Waals surface area contributed by atoms with Gasteiger partial charge in [0.25, 0.3) is 5.56 Å². The number of carbonyl (C=O) groups excluding carboxylic acids is 1. The average molecular weight is 416 g/mol. The first-order valence-electron chi connectivity index (χ1n) is 8.52. The monoisotopic (exact) mass is 415 g/mol. The third-order valence-electron chi connectivity index (χ3n) is 4.86. The highest BCUT2D eigenvalue weighted by molar-refractivity contribution is 9.10. The molecule has 3 heterocycles. The van der Waals surface area contributed by atoms with Crippen molar-refractivity contribution in [3.63, 3.8) is 0 Å². The van der Waals surface area contributed by atoms with Gasteiger partial charge in [0.2, 0.25) is 5.91 Å². The summed E-state index contributed by atoms with van der Waals surface area (Å²) in [6.45, 7) is 1.38. The Kier molecular flexibility index (Phi) is 4.58. The first-order valence-corrected chi connectivity index (χ1v) is 9.31. The van der Waals surface area contributed by atoms with Crippen LogP contribution < -0.4 is 5.56 Å². The van der Waals surface area contributed by atoms with Gasteiger partial charge in [0.15, 0.2) is 0 Å². The van der Waals surface area contributed by atoms with Gasteiger partial charge in [-0.15, -0.1) is 0 Å². The zero-order chi connectivity index (χ0) is 18.1. The summed E-state index contributed by atoms with van der Waals surface area (Å²) in [7, 11) is 0. The number of piperidine rings is 1. The van der Waals surface area contributed by atoms with E-state index in [9.17, 15) is 9.59 Å². The van der Waals surface area contributed by atoms with Crippen LogP contribution >= 0.6 is 15.9 Å². The number of halogens is 1. The van der Waals surface area contributed by atoms with Crippen LogP contribution in [0.3, 0.4) is 0 Å². The third kappa shape index (κ3) is 3.29. The van der Waals surface area contributed by atoms with Crippen LogP contribution in [0.5, 0.6) is 0 Å². The van der Waals surface area contributed by atoms with Crippen molar-refractivity contribution in [1.82, 2.24) is 24.0 Å². The molecular formula is C18H18BrN5O2. The summed E-state index contributed by atoms with van der Waals surface area (Å²) in [5, 5.41) is 0.508. The van der Waals surface area contributed by atoms with Gasteiger partial charge in [-0.25, -0.2) is 9.97 Å². The summed E-state index contributed by atoms with van der Waals surface area (Å²) in [5.41, 5.74) is 0.431. The Balaban J connectivity index is 1.46. The van der Waals surface area contributed by atoms with Crippen LogP contribution in [-0.4, -0.2) is 43.0 Å². The maximum atomic E-state index is 12.6. The topological polar surface area (TPSA) is 73.0 Å². The molecule has 1 aromatic carbocycles. The van der Waals surface area contributed by atoms with Crippen molar-refractivity contribution < 1.29 is 4.79 Å². The molecule has 1 fully saturated rings. The third-order valence-corrected chi connectivity index (χ3v) is 5.35. The standard InChI is InChI=1S/C18H18BrN5O2/c19-13-1-2-16-15(9-13)18(26)24(12-21-16)10-17(25)22-6-3-14(4-7-22)23-8-5-20-11-23/h1-2,5,8-9,11-12,14H,3-4,6-7,10H2. The number of hydrogen-bond acceptors (Lipinski definition) is 4. The van der Waals surface area contributed by atoms with Crippen molar-refractivity contribution in [2.45, 2.75) is 25.4 Å². The molecule has 8 heteroatoms. The Bertz CT molecular complexity index is 990. The zero-order valence-corrected chi connectivity index (χ0v) is 15.7. The van der Waals surface area contributed by atoms with Gasteiger partial charge in [-0.2, -0.15) is 0 Å². The lowest BCUT2D eigenvalue weighted by Gasteiger charge is -2.32. The molecule has 1 aliphatic heterocycles. The van der Waals surface area contributed by atoms with E-state index in [0.29, 0.717) is 30.0 Å². The number of fused-ring (bicyclic) bond motifs is 1. The average Bonchev–Trinajstić information content (AvgIpc) is 3.19. The molecule has 0 unspecified atom stereocenters. The Morgan fingerprint density at radius 1 is 1.23 bits per heavy atom. The van der Waals surface area contributed by atoms with E-state index in [-0.39, 0.29) is 18.0 Å². The van der Waals surface area contributed by atoms with Gasteiger partial charge in [-0.1, -0.05) is 15.9 Å². The first kappa shape index (κ1) is 17.0. The Labute approximate surface area is 158 Å². The first-order chi connectivity index (χ1) is 12.6. The van der Waals surface area contributed by atoms with Crippen LogP contribution in [0.2, 0.25) is 0 Å². The minimum absolute atomic E-state index is 0.0179. The SMILES string of the molecule is O=C(Cn1cnc2ccc(Br)cc2c1=O)N1CCC(n2ccnc2)CC1. The van der Waals surface area contributed by atoms with Gasteiger partial charge < -0.3 is 9.47 Å². The van der Waals surface area contributed by atoms with Crippen molar-refractivity contribution in [3.8, 4) is 0 Å². The van der Waals surface area contributed by atoms with Crippen molar-refractivity contribution in [2.75, 3.05) is 13.1 Å². The van der Waals surface area contributed by atoms with Gasteiger partial charge in [0.05, 0.1) is 23.6 Å². The zero-order valence-electron chi connectivity index (χ0n) is 14.1. The molecule has 1 aliphatic rings. The lowest BCUT2D eigenvalue weighted by Crippen LogP contribution is -2.41. The highest BCUT2D eigenvalue weighted by Crippen LogP contribution is 2.22. The number of carbonyl (C=O) groups is 1. The molecule has 3 aromatic rings. The number of imidazole rings is 1. The normalized spacial score (nSPS) is 15.5. The fourth-order valence-electron chi connectivity index (χ4n) is 3.39. The number of amides is 1. The predicted molar refractivity (Wildman–Crippen MR) is 101 cm³/mol. The smallest absolute Gasteiger partial charge is 0.261 e. The van der Waals surface area contributed by atoms with Crippen molar-refractivity contribution >= 4 is 32.7 Å². The maximum Gasteiger partial charge on any atom is 0.261 e. The lowest BCUT2D eigenvalue weighted by atomic mass is 10.0. The molecule has 26 heavy (non-hydrogen) atoms. The summed E-state index contributed by atoms with van der Waals surface area (Å²) in [4.78, 5) is 35.4. The molecule has 0 spiro atoms. The second-order valence-electron chi connectivity index (χ2n) is 6.46. The summed E-state index contributed by atoms with van der Waals surface area (Å²) in [6, 6.07) is 5.74. The molecule has 0 N–H and O–H groups in total. The molecule has 0 radical (unpaired) electrons. The molecular weight excluding hydrogens is 398 g/mol. The number of likely N-dealkylation sites (tertiary alicyclic amines) is 1. The second kappa shape index (κ2) is 7.03. The van der Waals surface area contributed by atoms with E-state index in [0.717, 1.165) is 17.3 Å². The van der Waals surface area contributed by atoms with Gasteiger partial charge in [-0.05, 0) is 31.0 Å². The minimum atomic E-state index is -0.196. The molecule has 2 aromatic heterocycles. The molecule has 0 atom stereocenters. The van der Waals surface area contributed by atoms with Gasteiger partial charge in [0, 0.05) is 36.0 Å². The van der Waals surface area contributed by atoms with E-state index in [1.165, 1.54) is 10.9 Å². The summed E-state index contributed by atoms with van der Waals surface area (Å²) >= 11 is 3.37. The molecule has 1 amide bonds. The van der Waals surface area contributed by atoms with E-state index >= 15 is 0 Å². The van der Waals surface area contributed by atoms with E-state index in [1.807, 2.05) is 23.5 Å². The van der Waals surface area contributed by atoms with Gasteiger partial charge >= 0.3 is 0 Å². The molecule has 0 bridgehead atoms. The van der Waals surface area contributed by atoms with E-state index in [1.54, 1.807) is 18.3 Å². The van der Waals surface area contributed by atoms with Crippen LogP contribution in [0.4, 0.5) is 0 Å². The number of rotatable bonds is 3. The van der Waals surface area contributed by atoms with E-state index in [4.69, 9.17) is 0 Å². The molecule has 4 rings (SSSR count). The van der Waals surface area contributed by atoms with Crippen LogP contribution in [0.1, 0.15) is 18.9 Å². The lowest BCUT2D eigenvalue weighted by molar-refractivity contribution is -0.133. The minimum Gasteiger partial charge on any atom is -0.341 e. The predicted octanol–water partition coefficient (Wildman–Crippen LogP) is 2.22. The Morgan fingerprint density at radius 2 is 2.04 bits per heavy atom. The van der Waals surface area contributed by atoms with Crippen LogP contribution in [0, 0.1) is 0 Å². The van der Waals surface area contributed by atoms with Crippen LogP contribution in [0.25, 0.3) is 10.9 Å². The highest BCUT2D eigenvalue weighted by Gasteiger charge is 2.24. The molecule has 0 aliphatic carbocycles. The number of nitrogens with zero attached hydrogens (tertiary/aromatic N) is 5. The van der Waals surface area contributed by atoms with E-state index in [2.05, 4.69) is 30.5 Å². The summed E-state index contributed by atoms with van der Waals surface area (Å²) in [5.74, 6) is -0.0488. The quantitative estimate of drug-likeness (QED) is 0.657. The fourth-order valence-corrected chi connectivity index (χ4v) is 3.75. The van der Waals surface area contributed by atoms with Crippen molar-refractivity contribution in [2.24, 2.45) is 0 Å². The van der Waals surface area contributed by atoms with Crippen LogP contribution in [-0.2, 0) is 11.3 Å². The Hall–Kier alpha value is -2.48. The highest BCUT2D eigenvalue weighted by atomic mass is 79.9. The molecule has 134 valence electrons. The summed E-state index contributed by atoms with van der Waals surface area (Å²) in [6.07, 6.45) is 8.78. The number of hydrogen-bond donors (Lipinski definition) is 0. The Morgan fingerprint density at radius 3 is 2.77 bits per heavy atom. The maximum absolute atomic E-state index is 12.6. The number of benzene rings is 1. The van der Waals surface area contributed by atoms with Crippen molar-refractivity contribution in [1.29, 1.82) is 0 Å². The molecule has 1 saturated heterocycles. The van der Waals surface area contributed by atoms with Gasteiger partial charge in [0.1, 0.15) is 6.54 Å². The molecule has 0 saturated carbocycles. The molecule has 7 nitrogen and oxygen atoms in total. The van der Waals surface area contributed by atoms with Gasteiger partial charge in [-0.3, -0.25) is 14.2 Å².